The Morgan fingerprint density at radius 3 is 2.90 bits per heavy atom. The molecule has 5 heteroatoms. The molecule has 1 amide bonds. The van der Waals surface area contributed by atoms with E-state index in [1.165, 1.54) is 0 Å². The van der Waals surface area contributed by atoms with Gasteiger partial charge in [0.1, 0.15) is 5.15 Å². The maximum Gasteiger partial charge on any atom is 0.254 e. The molecule has 0 bridgehead atoms. The Balaban J connectivity index is 2.15. The molecule has 0 aliphatic carbocycles. The van der Waals surface area contributed by atoms with Gasteiger partial charge < -0.3 is 9.32 Å². The molecule has 0 unspecified atom stereocenters. The SMILES string of the molecule is CCCc1cc(C(=O)N(C)Cc2ccoc2)cc(Cl)n1. The zero-order chi connectivity index (χ0) is 14.5. The summed E-state index contributed by atoms with van der Waals surface area (Å²) in [5.41, 5.74) is 2.37. The van der Waals surface area contributed by atoms with Crippen molar-refractivity contribution in [1.82, 2.24) is 9.88 Å². The van der Waals surface area contributed by atoms with E-state index in [9.17, 15) is 4.79 Å². The molecule has 2 heterocycles. The molecule has 20 heavy (non-hydrogen) atoms. The Morgan fingerprint density at radius 1 is 1.45 bits per heavy atom. The standard InChI is InChI=1S/C15H17ClN2O2/c1-3-4-13-7-12(8-14(16)17-13)15(19)18(2)9-11-5-6-20-10-11/h5-8,10H,3-4,9H2,1-2H3. The van der Waals surface area contributed by atoms with E-state index in [-0.39, 0.29) is 5.91 Å². The molecule has 2 aromatic rings. The third-order valence-corrected chi connectivity index (χ3v) is 3.14. The summed E-state index contributed by atoms with van der Waals surface area (Å²) in [6.45, 7) is 2.56. The smallest absolute Gasteiger partial charge is 0.254 e. The van der Waals surface area contributed by atoms with E-state index in [0.29, 0.717) is 17.3 Å². The number of hydrogen-bond donors (Lipinski definition) is 0. The Bertz CT molecular complexity index is 582. The predicted octanol–water partition coefficient (Wildman–Crippen LogP) is 3.55. The molecule has 2 rings (SSSR count). The molecular formula is C15H17ClN2O2. The molecule has 4 nitrogen and oxygen atoms in total. The molecule has 0 saturated heterocycles. The van der Waals surface area contributed by atoms with Gasteiger partial charge in [0.05, 0.1) is 12.5 Å². The summed E-state index contributed by atoms with van der Waals surface area (Å²) in [5, 5.41) is 0.357. The highest BCUT2D eigenvalue weighted by molar-refractivity contribution is 6.29. The largest absolute Gasteiger partial charge is 0.472 e. The summed E-state index contributed by atoms with van der Waals surface area (Å²) >= 11 is 5.98. The third-order valence-electron chi connectivity index (χ3n) is 2.95. The van der Waals surface area contributed by atoms with Crippen LogP contribution in [0, 0.1) is 0 Å². The van der Waals surface area contributed by atoms with Gasteiger partial charge in [0.2, 0.25) is 0 Å². The van der Waals surface area contributed by atoms with E-state index in [1.807, 2.05) is 12.1 Å². The van der Waals surface area contributed by atoms with Crippen molar-refractivity contribution in [2.24, 2.45) is 0 Å². The van der Waals surface area contributed by atoms with Crippen molar-refractivity contribution < 1.29 is 9.21 Å². The molecule has 106 valence electrons. The molecule has 0 fully saturated rings. The Morgan fingerprint density at radius 2 is 2.25 bits per heavy atom. The van der Waals surface area contributed by atoms with Gasteiger partial charge in [-0.3, -0.25) is 4.79 Å². The minimum atomic E-state index is -0.0761. The lowest BCUT2D eigenvalue weighted by molar-refractivity contribution is 0.0784. The van der Waals surface area contributed by atoms with Crippen LogP contribution in [-0.4, -0.2) is 22.8 Å². The molecule has 2 aromatic heterocycles. The van der Waals surface area contributed by atoms with E-state index < -0.39 is 0 Å². The number of hydrogen-bond acceptors (Lipinski definition) is 3. The lowest BCUT2D eigenvalue weighted by Gasteiger charge is -2.16. The summed E-state index contributed by atoms with van der Waals surface area (Å²) in [6.07, 6.45) is 5.00. The van der Waals surface area contributed by atoms with E-state index in [2.05, 4.69) is 11.9 Å². The zero-order valence-electron chi connectivity index (χ0n) is 11.6. The number of pyridine rings is 1. The lowest BCUT2D eigenvalue weighted by atomic mass is 10.1. The highest BCUT2D eigenvalue weighted by Crippen LogP contribution is 2.15. The van der Waals surface area contributed by atoms with Gasteiger partial charge in [0, 0.05) is 30.4 Å². The molecule has 0 atom stereocenters. The van der Waals surface area contributed by atoms with Crippen molar-refractivity contribution in [2.75, 3.05) is 7.05 Å². The number of carbonyl (C=O) groups excluding carboxylic acids is 1. The van der Waals surface area contributed by atoms with Crippen molar-refractivity contribution in [3.63, 3.8) is 0 Å². The molecular weight excluding hydrogens is 276 g/mol. The number of nitrogens with zero attached hydrogens (tertiary/aromatic N) is 2. The Kier molecular flexibility index (Phi) is 4.79. The monoisotopic (exact) mass is 292 g/mol. The van der Waals surface area contributed by atoms with E-state index in [4.69, 9.17) is 16.0 Å². The lowest BCUT2D eigenvalue weighted by Crippen LogP contribution is -2.26. The van der Waals surface area contributed by atoms with Crippen LogP contribution in [0.5, 0.6) is 0 Å². The minimum absolute atomic E-state index is 0.0761. The predicted molar refractivity (Wildman–Crippen MR) is 77.7 cm³/mol. The van der Waals surface area contributed by atoms with Crippen molar-refractivity contribution in [1.29, 1.82) is 0 Å². The van der Waals surface area contributed by atoms with Gasteiger partial charge in [-0.05, 0) is 24.6 Å². The third kappa shape index (κ3) is 3.61. The molecule has 0 spiro atoms. The average Bonchev–Trinajstić information content (AvgIpc) is 2.90. The van der Waals surface area contributed by atoms with Crippen LogP contribution in [0.2, 0.25) is 5.15 Å². The van der Waals surface area contributed by atoms with Gasteiger partial charge in [-0.1, -0.05) is 24.9 Å². The van der Waals surface area contributed by atoms with Crippen LogP contribution in [-0.2, 0) is 13.0 Å². The normalized spacial score (nSPS) is 10.6. The van der Waals surface area contributed by atoms with Gasteiger partial charge in [-0.25, -0.2) is 4.98 Å². The molecule has 0 aromatic carbocycles. The number of carbonyl (C=O) groups is 1. The van der Waals surface area contributed by atoms with Crippen molar-refractivity contribution >= 4 is 17.5 Å². The van der Waals surface area contributed by atoms with Gasteiger partial charge in [0.25, 0.3) is 5.91 Å². The van der Waals surface area contributed by atoms with Gasteiger partial charge >= 0.3 is 0 Å². The summed E-state index contributed by atoms with van der Waals surface area (Å²) in [7, 11) is 1.75. The van der Waals surface area contributed by atoms with Crippen molar-refractivity contribution in [3.8, 4) is 0 Å². The van der Waals surface area contributed by atoms with Gasteiger partial charge in [-0.2, -0.15) is 0 Å². The van der Waals surface area contributed by atoms with Crippen LogP contribution in [0.3, 0.4) is 0 Å². The van der Waals surface area contributed by atoms with Crippen molar-refractivity contribution in [2.45, 2.75) is 26.3 Å². The van der Waals surface area contributed by atoms with Crippen LogP contribution >= 0.6 is 11.6 Å². The second-order valence-corrected chi connectivity index (χ2v) is 5.10. The summed E-state index contributed by atoms with van der Waals surface area (Å²) in [6, 6.07) is 5.25. The Hall–Kier alpha value is -1.81. The van der Waals surface area contributed by atoms with E-state index in [1.54, 1.807) is 30.5 Å². The second-order valence-electron chi connectivity index (χ2n) is 4.71. The molecule has 0 aliphatic heterocycles. The summed E-state index contributed by atoms with van der Waals surface area (Å²) < 4.78 is 5.00. The number of furan rings is 1. The average molecular weight is 293 g/mol. The maximum absolute atomic E-state index is 12.4. The first-order valence-electron chi connectivity index (χ1n) is 6.53. The van der Waals surface area contributed by atoms with Crippen LogP contribution in [0.15, 0.2) is 35.1 Å². The number of aromatic nitrogens is 1. The highest BCUT2D eigenvalue weighted by Gasteiger charge is 2.14. The fraction of sp³-hybridized carbons (Fsp3) is 0.333. The van der Waals surface area contributed by atoms with Crippen LogP contribution < -0.4 is 0 Å². The summed E-state index contributed by atoms with van der Waals surface area (Å²) in [4.78, 5) is 18.2. The minimum Gasteiger partial charge on any atom is -0.472 e. The van der Waals surface area contributed by atoms with Crippen LogP contribution in [0.25, 0.3) is 0 Å². The molecule has 0 N–H and O–H groups in total. The first-order chi connectivity index (χ1) is 9.60. The first-order valence-corrected chi connectivity index (χ1v) is 6.91. The molecule has 0 saturated carbocycles. The molecule has 0 aliphatic rings. The highest BCUT2D eigenvalue weighted by atomic mass is 35.5. The topological polar surface area (TPSA) is 46.3 Å². The van der Waals surface area contributed by atoms with Gasteiger partial charge in [-0.15, -0.1) is 0 Å². The van der Waals surface area contributed by atoms with Crippen LogP contribution in [0.1, 0.15) is 35.0 Å². The number of rotatable bonds is 5. The molecule has 0 radical (unpaired) electrons. The number of aryl methyl sites for hydroxylation is 1. The fourth-order valence-electron chi connectivity index (χ4n) is 2.01. The van der Waals surface area contributed by atoms with Crippen molar-refractivity contribution in [3.05, 3.63) is 52.7 Å². The quantitative estimate of drug-likeness (QED) is 0.792. The summed E-state index contributed by atoms with van der Waals surface area (Å²) in [5.74, 6) is -0.0761. The Labute approximate surface area is 123 Å². The fourth-order valence-corrected chi connectivity index (χ4v) is 2.23. The zero-order valence-corrected chi connectivity index (χ0v) is 12.4. The first kappa shape index (κ1) is 14.6. The second kappa shape index (κ2) is 6.57. The maximum atomic E-state index is 12.4. The van der Waals surface area contributed by atoms with Crippen LogP contribution in [0.4, 0.5) is 0 Å². The number of amides is 1. The van der Waals surface area contributed by atoms with Gasteiger partial charge in [0.15, 0.2) is 0 Å². The van der Waals surface area contributed by atoms with E-state index in [0.717, 1.165) is 24.1 Å². The van der Waals surface area contributed by atoms with E-state index >= 15 is 0 Å². The number of halogens is 1.